The lowest BCUT2D eigenvalue weighted by atomic mass is 10.1. The Kier molecular flexibility index (Phi) is 5.62. The largest absolute Gasteiger partial charge is 0.416 e. The third kappa shape index (κ3) is 5.10. The Morgan fingerprint density at radius 1 is 1.17 bits per heavy atom. The minimum atomic E-state index is -4.50. The summed E-state index contributed by atoms with van der Waals surface area (Å²) in [5.41, 5.74) is 15.2. The number of hydrogen-bond acceptors (Lipinski definition) is 3. The standard InChI is InChI=1S/C14H19F3N6O/c15-14(16,17)11-7-10(21-13(20)22-12(18)19)2-1-9(11)8-23-3-5-24-6-4-23/h1-2,7H,3-6,8H2,(H6,18,19,20,21,22). The summed E-state index contributed by atoms with van der Waals surface area (Å²) >= 11 is 0. The molecule has 132 valence electrons. The molecule has 0 bridgehead atoms. The Balaban J connectivity index is 2.30. The number of nitrogens with two attached hydrogens (primary N) is 3. The van der Waals surface area contributed by atoms with Crippen LogP contribution >= 0.6 is 0 Å². The SMILES string of the molecule is NC(N)=NC(N)=Nc1ccc(CN2CCOCC2)c(C(F)(F)F)c1. The first-order chi connectivity index (χ1) is 11.3. The number of benzene rings is 1. The van der Waals surface area contributed by atoms with Crippen LogP contribution in [0.1, 0.15) is 11.1 Å². The normalized spacial score (nSPS) is 16.9. The molecule has 1 aliphatic heterocycles. The molecular weight excluding hydrogens is 325 g/mol. The monoisotopic (exact) mass is 344 g/mol. The lowest BCUT2D eigenvalue weighted by Gasteiger charge is -2.27. The summed E-state index contributed by atoms with van der Waals surface area (Å²) in [7, 11) is 0. The molecule has 0 aromatic heterocycles. The van der Waals surface area contributed by atoms with Crippen molar-refractivity contribution >= 4 is 17.6 Å². The van der Waals surface area contributed by atoms with Crippen molar-refractivity contribution in [2.75, 3.05) is 26.3 Å². The summed E-state index contributed by atoms with van der Waals surface area (Å²) in [6.07, 6.45) is -4.50. The molecule has 7 nitrogen and oxygen atoms in total. The van der Waals surface area contributed by atoms with Gasteiger partial charge in [-0.3, -0.25) is 4.90 Å². The van der Waals surface area contributed by atoms with E-state index in [1.807, 2.05) is 4.90 Å². The van der Waals surface area contributed by atoms with E-state index in [1.54, 1.807) is 0 Å². The Labute approximate surface area is 137 Å². The summed E-state index contributed by atoms with van der Waals surface area (Å²) in [6.45, 7) is 2.40. The number of morpholine rings is 1. The maximum Gasteiger partial charge on any atom is 0.416 e. The topological polar surface area (TPSA) is 115 Å². The third-order valence-electron chi connectivity index (χ3n) is 3.38. The van der Waals surface area contributed by atoms with Crippen LogP contribution in [0, 0.1) is 0 Å². The van der Waals surface area contributed by atoms with E-state index in [9.17, 15) is 13.2 Å². The van der Waals surface area contributed by atoms with E-state index >= 15 is 0 Å². The van der Waals surface area contributed by atoms with Crippen molar-refractivity contribution < 1.29 is 17.9 Å². The molecule has 2 rings (SSSR count). The van der Waals surface area contributed by atoms with E-state index in [1.165, 1.54) is 12.1 Å². The smallest absolute Gasteiger partial charge is 0.379 e. The molecule has 1 aromatic rings. The van der Waals surface area contributed by atoms with Crippen LogP contribution in [0.3, 0.4) is 0 Å². The zero-order valence-electron chi connectivity index (χ0n) is 12.9. The van der Waals surface area contributed by atoms with E-state index < -0.39 is 11.7 Å². The highest BCUT2D eigenvalue weighted by Crippen LogP contribution is 2.35. The van der Waals surface area contributed by atoms with Gasteiger partial charge in [-0.05, 0) is 17.7 Å². The molecule has 0 amide bonds. The maximum absolute atomic E-state index is 13.3. The summed E-state index contributed by atoms with van der Waals surface area (Å²) in [4.78, 5) is 9.16. The van der Waals surface area contributed by atoms with Gasteiger partial charge < -0.3 is 21.9 Å². The van der Waals surface area contributed by atoms with Crippen molar-refractivity contribution in [3.63, 3.8) is 0 Å². The van der Waals surface area contributed by atoms with Crippen LogP contribution in [0.2, 0.25) is 0 Å². The minimum Gasteiger partial charge on any atom is -0.379 e. The zero-order valence-corrected chi connectivity index (χ0v) is 12.9. The van der Waals surface area contributed by atoms with Crippen LogP contribution in [0.15, 0.2) is 28.2 Å². The van der Waals surface area contributed by atoms with Gasteiger partial charge in [0.2, 0.25) is 5.96 Å². The first kappa shape index (κ1) is 18.0. The highest BCUT2D eigenvalue weighted by molar-refractivity contribution is 5.93. The van der Waals surface area contributed by atoms with Gasteiger partial charge in [0.1, 0.15) is 0 Å². The summed E-state index contributed by atoms with van der Waals surface area (Å²) < 4.78 is 45.2. The summed E-state index contributed by atoms with van der Waals surface area (Å²) in [6, 6.07) is 3.77. The van der Waals surface area contributed by atoms with Gasteiger partial charge >= 0.3 is 6.18 Å². The number of guanidine groups is 2. The molecule has 24 heavy (non-hydrogen) atoms. The van der Waals surface area contributed by atoms with E-state index in [4.69, 9.17) is 21.9 Å². The van der Waals surface area contributed by atoms with Crippen LogP contribution in [0.4, 0.5) is 18.9 Å². The third-order valence-corrected chi connectivity index (χ3v) is 3.38. The molecule has 1 heterocycles. The number of nitrogens with zero attached hydrogens (tertiary/aromatic N) is 3. The van der Waals surface area contributed by atoms with E-state index in [-0.39, 0.29) is 29.7 Å². The average molecular weight is 344 g/mol. The van der Waals surface area contributed by atoms with Crippen molar-refractivity contribution in [2.24, 2.45) is 27.2 Å². The molecule has 1 aromatic carbocycles. The van der Waals surface area contributed by atoms with Crippen molar-refractivity contribution in [1.82, 2.24) is 4.90 Å². The molecule has 0 saturated carbocycles. The summed E-state index contributed by atoms with van der Waals surface area (Å²) in [5, 5.41) is 0. The van der Waals surface area contributed by atoms with Gasteiger partial charge in [-0.1, -0.05) is 6.07 Å². The predicted octanol–water partition coefficient (Wildman–Crippen LogP) is 0.757. The second kappa shape index (κ2) is 7.49. The fourth-order valence-electron chi connectivity index (χ4n) is 2.33. The number of rotatable bonds is 3. The van der Waals surface area contributed by atoms with Crippen LogP contribution in [-0.4, -0.2) is 43.1 Å². The quantitative estimate of drug-likeness (QED) is 0.553. The van der Waals surface area contributed by atoms with Crippen molar-refractivity contribution in [3.8, 4) is 0 Å². The van der Waals surface area contributed by atoms with Crippen molar-refractivity contribution in [1.29, 1.82) is 0 Å². The van der Waals surface area contributed by atoms with Crippen LogP contribution in [-0.2, 0) is 17.5 Å². The zero-order chi connectivity index (χ0) is 17.7. The molecule has 6 N–H and O–H groups in total. The Morgan fingerprint density at radius 2 is 1.83 bits per heavy atom. The van der Waals surface area contributed by atoms with Crippen LogP contribution in [0.25, 0.3) is 0 Å². The molecule has 0 spiro atoms. The van der Waals surface area contributed by atoms with Gasteiger partial charge in [-0.2, -0.15) is 18.2 Å². The second-order valence-corrected chi connectivity index (χ2v) is 5.23. The van der Waals surface area contributed by atoms with Gasteiger partial charge in [-0.15, -0.1) is 0 Å². The van der Waals surface area contributed by atoms with Crippen molar-refractivity contribution in [2.45, 2.75) is 12.7 Å². The average Bonchev–Trinajstić information content (AvgIpc) is 2.48. The van der Waals surface area contributed by atoms with Crippen molar-refractivity contribution in [3.05, 3.63) is 29.3 Å². The molecule has 1 fully saturated rings. The second-order valence-electron chi connectivity index (χ2n) is 5.23. The van der Waals surface area contributed by atoms with Gasteiger partial charge in [0.15, 0.2) is 5.96 Å². The summed E-state index contributed by atoms with van der Waals surface area (Å²) in [5.74, 6) is -0.639. The first-order valence-electron chi connectivity index (χ1n) is 7.20. The lowest BCUT2D eigenvalue weighted by Crippen LogP contribution is -2.36. The fraction of sp³-hybridized carbons (Fsp3) is 0.429. The van der Waals surface area contributed by atoms with E-state index in [0.29, 0.717) is 26.3 Å². The number of aliphatic imine (C=N–C) groups is 2. The molecule has 0 radical (unpaired) electrons. The van der Waals surface area contributed by atoms with Crippen LogP contribution < -0.4 is 17.2 Å². The molecule has 1 saturated heterocycles. The van der Waals surface area contributed by atoms with Crippen LogP contribution in [0.5, 0.6) is 0 Å². The molecular formula is C14H19F3N6O. The molecule has 10 heteroatoms. The predicted molar refractivity (Wildman–Crippen MR) is 84.6 cm³/mol. The molecule has 1 aliphatic rings. The van der Waals surface area contributed by atoms with E-state index in [2.05, 4.69) is 9.98 Å². The highest BCUT2D eigenvalue weighted by Gasteiger charge is 2.34. The fourth-order valence-corrected chi connectivity index (χ4v) is 2.33. The lowest BCUT2D eigenvalue weighted by molar-refractivity contribution is -0.138. The molecule has 0 aliphatic carbocycles. The number of hydrogen-bond donors (Lipinski definition) is 3. The number of ether oxygens (including phenoxy) is 1. The Bertz CT molecular complexity index is 634. The highest BCUT2D eigenvalue weighted by atomic mass is 19.4. The maximum atomic E-state index is 13.3. The number of halogens is 3. The first-order valence-corrected chi connectivity index (χ1v) is 7.20. The Morgan fingerprint density at radius 3 is 2.42 bits per heavy atom. The Hall–Kier alpha value is -2.33. The molecule has 0 unspecified atom stereocenters. The van der Waals surface area contributed by atoms with Gasteiger partial charge in [0, 0.05) is 19.6 Å². The molecule has 0 atom stereocenters. The van der Waals surface area contributed by atoms with Gasteiger partial charge in [0.25, 0.3) is 0 Å². The van der Waals surface area contributed by atoms with Gasteiger partial charge in [-0.25, -0.2) is 4.99 Å². The number of alkyl halides is 3. The minimum absolute atomic E-state index is 0.0237. The van der Waals surface area contributed by atoms with Gasteiger partial charge in [0.05, 0.1) is 24.5 Å². The van der Waals surface area contributed by atoms with E-state index in [0.717, 1.165) is 6.07 Å².